The number of aromatic nitrogens is 1. The minimum absolute atomic E-state index is 0.0828. The molecule has 1 aliphatic heterocycles. The summed E-state index contributed by atoms with van der Waals surface area (Å²) >= 11 is 1.47. The maximum atomic E-state index is 12.4. The number of thiazole rings is 1. The van der Waals surface area contributed by atoms with E-state index in [0.29, 0.717) is 25.3 Å². The molecular formula is C15H22N2O4S. The van der Waals surface area contributed by atoms with Crippen LogP contribution in [0.4, 0.5) is 0 Å². The number of hydrogen-bond donors (Lipinski definition) is 1. The first-order chi connectivity index (χ1) is 10.5. The monoisotopic (exact) mass is 326 g/mol. The molecule has 0 bridgehead atoms. The summed E-state index contributed by atoms with van der Waals surface area (Å²) < 4.78 is 5.49. The Hall–Kier alpha value is -1.47. The highest BCUT2D eigenvalue weighted by atomic mass is 32.1. The van der Waals surface area contributed by atoms with Gasteiger partial charge in [-0.2, -0.15) is 0 Å². The molecule has 122 valence electrons. The number of carboxylic acids is 1. The summed E-state index contributed by atoms with van der Waals surface area (Å²) in [5, 5.41) is 11.9. The number of aliphatic carboxylic acids is 1. The highest BCUT2D eigenvalue weighted by Crippen LogP contribution is 2.23. The van der Waals surface area contributed by atoms with Gasteiger partial charge in [0.15, 0.2) is 0 Å². The van der Waals surface area contributed by atoms with Gasteiger partial charge in [0, 0.05) is 18.5 Å². The number of rotatable bonds is 6. The minimum Gasteiger partial charge on any atom is -0.480 e. The molecule has 2 atom stereocenters. The van der Waals surface area contributed by atoms with Crippen LogP contribution in [0.25, 0.3) is 0 Å². The molecule has 1 fully saturated rings. The first-order valence-electron chi connectivity index (χ1n) is 7.61. The lowest BCUT2D eigenvalue weighted by atomic mass is 10.0. The quantitative estimate of drug-likeness (QED) is 0.867. The van der Waals surface area contributed by atoms with Crippen molar-refractivity contribution >= 4 is 23.2 Å². The van der Waals surface area contributed by atoms with Crippen LogP contribution in [-0.4, -0.2) is 46.1 Å². The lowest BCUT2D eigenvalue weighted by Crippen LogP contribution is -2.48. The molecule has 0 spiro atoms. The molecule has 0 aliphatic carbocycles. The molecule has 6 nitrogen and oxygen atoms in total. The zero-order valence-electron chi connectivity index (χ0n) is 12.9. The molecule has 2 rings (SSSR count). The average molecular weight is 326 g/mol. The molecule has 7 heteroatoms. The lowest BCUT2D eigenvalue weighted by molar-refractivity contribution is -0.151. The zero-order valence-corrected chi connectivity index (χ0v) is 13.8. The third-order valence-electron chi connectivity index (χ3n) is 3.77. The van der Waals surface area contributed by atoms with Crippen LogP contribution in [0.3, 0.4) is 0 Å². The van der Waals surface area contributed by atoms with Crippen LogP contribution in [0.2, 0.25) is 0 Å². The van der Waals surface area contributed by atoms with Crippen LogP contribution in [0, 0.1) is 0 Å². The van der Waals surface area contributed by atoms with Gasteiger partial charge in [0.05, 0.1) is 12.1 Å². The first-order valence-corrected chi connectivity index (χ1v) is 8.49. The fourth-order valence-corrected chi connectivity index (χ4v) is 3.48. The third kappa shape index (κ3) is 4.04. The number of hydrogen-bond acceptors (Lipinski definition) is 5. The number of carboxylic acid groups (broad SMARTS) is 1. The van der Waals surface area contributed by atoms with Crippen molar-refractivity contribution in [1.29, 1.82) is 0 Å². The smallest absolute Gasteiger partial charge is 0.326 e. The Kier molecular flexibility index (Phi) is 5.90. The number of ether oxygens (including phenoxy) is 1. The highest BCUT2D eigenvalue weighted by molar-refractivity contribution is 7.09. The van der Waals surface area contributed by atoms with Gasteiger partial charge < -0.3 is 14.7 Å². The molecule has 0 unspecified atom stereocenters. The summed E-state index contributed by atoms with van der Waals surface area (Å²) in [7, 11) is 0. The summed E-state index contributed by atoms with van der Waals surface area (Å²) in [5.74, 6) is -1.08. The van der Waals surface area contributed by atoms with E-state index in [4.69, 9.17) is 4.74 Å². The molecule has 1 aromatic rings. The average Bonchev–Trinajstić information content (AvgIpc) is 2.96. The van der Waals surface area contributed by atoms with Crippen LogP contribution in [-0.2, 0) is 20.7 Å². The fourth-order valence-electron chi connectivity index (χ4n) is 2.66. The summed E-state index contributed by atoms with van der Waals surface area (Å²) in [5.41, 5.74) is 0.686. The molecule has 1 amide bonds. The summed E-state index contributed by atoms with van der Waals surface area (Å²) in [6, 6.07) is -0.693. The largest absolute Gasteiger partial charge is 0.480 e. The standard InChI is InChI=1S/C15H22N2O4S/c1-3-21-10(2)14-16-11(9-22-14)8-13(18)17-7-5-4-6-12(17)15(19)20/h9-10,12H,3-8H2,1-2H3,(H,19,20)/t10-,12+/m1/s1. The topological polar surface area (TPSA) is 79.7 Å². The molecule has 1 aliphatic rings. The van der Waals surface area contributed by atoms with Gasteiger partial charge in [-0.3, -0.25) is 4.79 Å². The molecule has 1 aromatic heterocycles. The van der Waals surface area contributed by atoms with E-state index in [1.807, 2.05) is 19.2 Å². The summed E-state index contributed by atoms with van der Waals surface area (Å²) in [6.45, 7) is 4.99. The molecule has 1 N–H and O–H groups in total. The van der Waals surface area contributed by atoms with Crippen molar-refractivity contribution < 1.29 is 19.4 Å². The molecule has 22 heavy (non-hydrogen) atoms. The van der Waals surface area contributed by atoms with E-state index in [1.54, 1.807) is 0 Å². The third-order valence-corrected chi connectivity index (χ3v) is 4.83. The second-order valence-corrected chi connectivity index (χ2v) is 6.28. The van der Waals surface area contributed by atoms with Gasteiger partial charge in [-0.15, -0.1) is 11.3 Å². The van der Waals surface area contributed by atoms with E-state index in [2.05, 4.69) is 4.98 Å². The molecule has 1 saturated heterocycles. The second kappa shape index (κ2) is 7.69. The normalized spacial score (nSPS) is 19.9. The van der Waals surface area contributed by atoms with Crippen LogP contribution < -0.4 is 0 Å². The van der Waals surface area contributed by atoms with Crippen LogP contribution in [0.1, 0.15) is 49.9 Å². The van der Waals surface area contributed by atoms with Crippen molar-refractivity contribution in [3.63, 3.8) is 0 Å². The van der Waals surface area contributed by atoms with E-state index in [9.17, 15) is 14.7 Å². The maximum absolute atomic E-state index is 12.4. The second-order valence-electron chi connectivity index (χ2n) is 5.39. The predicted octanol–water partition coefficient (Wildman–Crippen LogP) is 2.25. The Balaban J connectivity index is 2.00. The number of likely N-dealkylation sites (tertiary alicyclic amines) is 1. The van der Waals surface area contributed by atoms with Gasteiger partial charge in [0.25, 0.3) is 0 Å². The summed E-state index contributed by atoms with van der Waals surface area (Å²) in [6.07, 6.45) is 2.32. The molecule has 0 aromatic carbocycles. The van der Waals surface area contributed by atoms with Crippen LogP contribution in [0.15, 0.2) is 5.38 Å². The van der Waals surface area contributed by atoms with Gasteiger partial charge in [-0.05, 0) is 33.1 Å². The van der Waals surface area contributed by atoms with Crippen molar-refractivity contribution in [2.24, 2.45) is 0 Å². The number of nitrogens with zero attached hydrogens (tertiary/aromatic N) is 2. The fraction of sp³-hybridized carbons (Fsp3) is 0.667. The maximum Gasteiger partial charge on any atom is 0.326 e. The van der Waals surface area contributed by atoms with Crippen molar-refractivity contribution in [2.45, 2.75) is 51.7 Å². The minimum atomic E-state index is -0.919. The van der Waals surface area contributed by atoms with Crippen LogP contribution >= 0.6 is 11.3 Å². The highest BCUT2D eigenvalue weighted by Gasteiger charge is 2.32. The van der Waals surface area contributed by atoms with Crippen molar-refractivity contribution in [3.8, 4) is 0 Å². The van der Waals surface area contributed by atoms with Gasteiger partial charge in [-0.1, -0.05) is 0 Å². The number of amides is 1. The molecule has 0 saturated carbocycles. The van der Waals surface area contributed by atoms with Crippen LogP contribution in [0.5, 0.6) is 0 Å². The van der Waals surface area contributed by atoms with E-state index >= 15 is 0 Å². The Bertz CT molecular complexity index is 531. The lowest BCUT2D eigenvalue weighted by Gasteiger charge is -2.32. The Labute approximate surface area is 134 Å². The van der Waals surface area contributed by atoms with Gasteiger partial charge in [-0.25, -0.2) is 9.78 Å². The van der Waals surface area contributed by atoms with Gasteiger partial charge >= 0.3 is 5.97 Å². The number of carbonyl (C=O) groups excluding carboxylic acids is 1. The van der Waals surface area contributed by atoms with Crippen molar-refractivity contribution in [1.82, 2.24) is 9.88 Å². The zero-order chi connectivity index (χ0) is 16.1. The Morgan fingerprint density at radius 1 is 1.55 bits per heavy atom. The summed E-state index contributed by atoms with van der Waals surface area (Å²) in [4.78, 5) is 29.6. The van der Waals surface area contributed by atoms with Gasteiger partial charge in [0.1, 0.15) is 17.2 Å². The van der Waals surface area contributed by atoms with E-state index in [0.717, 1.165) is 17.8 Å². The van der Waals surface area contributed by atoms with Crippen molar-refractivity contribution in [2.75, 3.05) is 13.2 Å². The molecule has 0 radical (unpaired) electrons. The molecular weight excluding hydrogens is 304 g/mol. The first kappa shape index (κ1) is 16.9. The Morgan fingerprint density at radius 3 is 3.00 bits per heavy atom. The number of piperidine rings is 1. The van der Waals surface area contributed by atoms with E-state index in [-0.39, 0.29) is 18.4 Å². The van der Waals surface area contributed by atoms with E-state index < -0.39 is 12.0 Å². The Morgan fingerprint density at radius 2 is 2.32 bits per heavy atom. The number of carbonyl (C=O) groups is 2. The van der Waals surface area contributed by atoms with Crippen molar-refractivity contribution in [3.05, 3.63) is 16.1 Å². The SMILES string of the molecule is CCO[C@H](C)c1nc(CC(=O)N2CCCC[C@H]2C(=O)O)cs1. The molecule has 2 heterocycles. The van der Waals surface area contributed by atoms with E-state index in [1.165, 1.54) is 16.2 Å². The van der Waals surface area contributed by atoms with Gasteiger partial charge in [0.2, 0.25) is 5.91 Å². The predicted molar refractivity (Wildman–Crippen MR) is 82.8 cm³/mol.